The normalized spacial score (nSPS) is 22.9. The van der Waals surface area contributed by atoms with E-state index in [0.717, 1.165) is 22.6 Å². The lowest BCUT2D eigenvalue weighted by Crippen LogP contribution is -2.62. The summed E-state index contributed by atoms with van der Waals surface area (Å²) in [6, 6.07) is 12.6. The summed E-state index contributed by atoms with van der Waals surface area (Å²) in [6.07, 6.45) is 0. The van der Waals surface area contributed by atoms with Crippen molar-refractivity contribution >= 4 is 21.4 Å². The molecule has 2 aromatic carbocycles. The van der Waals surface area contributed by atoms with Gasteiger partial charge in [-0.3, -0.25) is 9.69 Å². The summed E-state index contributed by atoms with van der Waals surface area (Å²) in [5.41, 5.74) is 2.88. The van der Waals surface area contributed by atoms with Gasteiger partial charge in [-0.15, -0.1) is 0 Å². The van der Waals surface area contributed by atoms with Crippen LogP contribution in [0.15, 0.2) is 42.5 Å². The minimum atomic E-state index is -3.22. The Bertz CT molecular complexity index is 1050. The fourth-order valence-corrected chi connectivity index (χ4v) is 6.56. The number of ether oxygens (including phenoxy) is 2. The van der Waals surface area contributed by atoms with Crippen LogP contribution in [0.2, 0.25) is 0 Å². The van der Waals surface area contributed by atoms with E-state index in [9.17, 15) is 13.2 Å². The van der Waals surface area contributed by atoms with Crippen LogP contribution < -0.4 is 14.4 Å². The Morgan fingerprint density at radius 3 is 2.23 bits per heavy atom. The molecule has 1 amide bonds. The van der Waals surface area contributed by atoms with Crippen LogP contribution in [0.5, 0.6) is 11.5 Å². The number of carbonyl (C=O) groups excluding carboxylic acids is 1. The summed E-state index contributed by atoms with van der Waals surface area (Å²) < 4.78 is 36.0. The molecule has 8 heteroatoms. The van der Waals surface area contributed by atoms with Crippen molar-refractivity contribution < 1.29 is 22.7 Å². The van der Waals surface area contributed by atoms with Crippen molar-refractivity contribution in [2.24, 2.45) is 0 Å². The van der Waals surface area contributed by atoms with Gasteiger partial charge in [-0.1, -0.05) is 6.07 Å². The molecule has 4 rings (SSSR count). The van der Waals surface area contributed by atoms with Crippen molar-refractivity contribution in [1.82, 2.24) is 4.90 Å². The number of carbonyl (C=O) groups is 1. The molecule has 0 aromatic heterocycles. The molecule has 2 aliphatic rings. The number of fused-ring (bicyclic) bond motifs is 1. The van der Waals surface area contributed by atoms with Crippen molar-refractivity contribution in [3.8, 4) is 11.5 Å². The fraction of sp³-hybridized carbons (Fsp3) is 0.435. The van der Waals surface area contributed by atoms with Gasteiger partial charge in [-0.25, -0.2) is 8.42 Å². The van der Waals surface area contributed by atoms with Gasteiger partial charge in [0, 0.05) is 18.3 Å². The van der Waals surface area contributed by atoms with Crippen molar-refractivity contribution in [3.05, 3.63) is 53.6 Å². The SMILES string of the molecule is COc1ccc(OCCN2CC(=O)N(c3cc(C)cc(C)c3)C3CS(=O)(=O)CC32)cc1. The molecule has 2 fully saturated rings. The number of hydrogen-bond acceptors (Lipinski definition) is 6. The predicted molar refractivity (Wildman–Crippen MR) is 120 cm³/mol. The van der Waals surface area contributed by atoms with E-state index in [2.05, 4.69) is 0 Å². The molecule has 0 spiro atoms. The second kappa shape index (κ2) is 8.51. The van der Waals surface area contributed by atoms with Gasteiger partial charge in [0.05, 0.1) is 31.2 Å². The number of hydrogen-bond donors (Lipinski definition) is 0. The Hall–Kier alpha value is -2.58. The molecule has 0 radical (unpaired) electrons. The van der Waals surface area contributed by atoms with Gasteiger partial charge >= 0.3 is 0 Å². The number of aryl methyl sites for hydroxylation is 2. The summed E-state index contributed by atoms with van der Waals surface area (Å²) in [4.78, 5) is 16.8. The Morgan fingerprint density at radius 2 is 1.58 bits per heavy atom. The monoisotopic (exact) mass is 444 g/mol. The van der Waals surface area contributed by atoms with E-state index in [1.54, 1.807) is 12.0 Å². The standard InChI is InChI=1S/C23H28N2O5S/c1-16-10-17(2)12-18(11-16)25-22-15-31(27,28)14-21(22)24(13-23(25)26)8-9-30-20-6-4-19(29-3)5-7-20/h4-7,10-12,21-22H,8-9,13-15H2,1-3H3. The molecule has 7 nitrogen and oxygen atoms in total. The molecule has 166 valence electrons. The molecule has 2 atom stereocenters. The number of piperazine rings is 1. The van der Waals surface area contributed by atoms with Crippen LogP contribution in [-0.2, 0) is 14.6 Å². The Labute approximate surface area is 183 Å². The first-order chi connectivity index (χ1) is 14.8. The molecule has 2 heterocycles. The summed E-state index contributed by atoms with van der Waals surface area (Å²) in [5, 5.41) is 0. The lowest BCUT2D eigenvalue weighted by Gasteiger charge is -2.43. The summed E-state index contributed by atoms with van der Waals surface area (Å²) in [5.74, 6) is 1.44. The highest BCUT2D eigenvalue weighted by Crippen LogP contribution is 2.32. The highest BCUT2D eigenvalue weighted by molar-refractivity contribution is 7.91. The third kappa shape index (κ3) is 4.70. The average molecular weight is 445 g/mol. The van der Waals surface area contributed by atoms with E-state index in [0.29, 0.717) is 18.9 Å². The molecule has 0 aliphatic carbocycles. The lowest BCUT2D eigenvalue weighted by atomic mass is 10.0. The second-order valence-corrected chi connectivity index (χ2v) is 10.5. The van der Waals surface area contributed by atoms with Gasteiger partial charge in [0.15, 0.2) is 9.84 Å². The topological polar surface area (TPSA) is 76.2 Å². The maximum atomic E-state index is 13.1. The third-order valence-electron chi connectivity index (χ3n) is 5.89. The van der Waals surface area contributed by atoms with Gasteiger partial charge in [0.1, 0.15) is 18.1 Å². The van der Waals surface area contributed by atoms with Crippen molar-refractivity contribution in [1.29, 1.82) is 0 Å². The quantitative estimate of drug-likeness (QED) is 0.680. The minimum absolute atomic E-state index is 0.00771. The molecule has 31 heavy (non-hydrogen) atoms. The summed E-state index contributed by atoms with van der Waals surface area (Å²) >= 11 is 0. The van der Waals surface area contributed by atoms with Crippen molar-refractivity contribution in [2.75, 3.05) is 43.2 Å². The van der Waals surface area contributed by atoms with E-state index < -0.39 is 9.84 Å². The minimum Gasteiger partial charge on any atom is -0.497 e. The Balaban J connectivity index is 1.50. The first-order valence-corrected chi connectivity index (χ1v) is 12.2. The average Bonchev–Trinajstić information content (AvgIpc) is 3.02. The zero-order valence-electron chi connectivity index (χ0n) is 18.1. The molecule has 0 saturated carbocycles. The zero-order chi connectivity index (χ0) is 22.2. The maximum absolute atomic E-state index is 13.1. The predicted octanol–water partition coefficient (Wildman–Crippen LogP) is 2.21. The molecule has 2 unspecified atom stereocenters. The van der Waals surface area contributed by atoms with E-state index in [-0.39, 0.29) is 36.0 Å². The number of amides is 1. The molecule has 0 N–H and O–H groups in total. The van der Waals surface area contributed by atoms with Crippen LogP contribution in [0, 0.1) is 13.8 Å². The number of anilines is 1. The Kier molecular flexibility index (Phi) is 5.94. The largest absolute Gasteiger partial charge is 0.497 e. The highest BCUT2D eigenvalue weighted by Gasteiger charge is 2.49. The van der Waals surface area contributed by atoms with Gasteiger partial charge in [0.25, 0.3) is 0 Å². The fourth-order valence-electron chi connectivity index (χ4n) is 4.58. The van der Waals surface area contributed by atoms with Gasteiger partial charge in [0.2, 0.25) is 5.91 Å². The molecule has 2 saturated heterocycles. The van der Waals surface area contributed by atoms with E-state index in [1.165, 1.54) is 0 Å². The van der Waals surface area contributed by atoms with Crippen molar-refractivity contribution in [2.45, 2.75) is 25.9 Å². The van der Waals surface area contributed by atoms with Crippen LogP contribution in [0.3, 0.4) is 0 Å². The number of methoxy groups -OCH3 is 1. The van der Waals surface area contributed by atoms with Crippen LogP contribution in [-0.4, -0.2) is 69.6 Å². The van der Waals surface area contributed by atoms with Gasteiger partial charge in [-0.05, 0) is 61.4 Å². The highest BCUT2D eigenvalue weighted by atomic mass is 32.2. The summed E-state index contributed by atoms with van der Waals surface area (Å²) in [6.45, 7) is 4.99. The number of benzene rings is 2. The van der Waals surface area contributed by atoms with Crippen LogP contribution in [0.25, 0.3) is 0 Å². The third-order valence-corrected chi connectivity index (χ3v) is 7.59. The van der Waals surface area contributed by atoms with Gasteiger partial charge < -0.3 is 14.4 Å². The molecule has 2 aliphatic heterocycles. The van der Waals surface area contributed by atoms with E-state index in [4.69, 9.17) is 9.47 Å². The van der Waals surface area contributed by atoms with E-state index in [1.807, 2.05) is 61.2 Å². The zero-order valence-corrected chi connectivity index (χ0v) is 18.9. The van der Waals surface area contributed by atoms with Crippen LogP contribution >= 0.6 is 0 Å². The smallest absolute Gasteiger partial charge is 0.241 e. The lowest BCUT2D eigenvalue weighted by molar-refractivity contribution is -0.123. The Morgan fingerprint density at radius 1 is 0.968 bits per heavy atom. The number of sulfone groups is 1. The molecular formula is C23H28N2O5S. The summed E-state index contributed by atoms with van der Waals surface area (Å²) in [7, 11) is -1.61. The van der Waals surface area contributed by atoms with Crippen molar-refractivity contribution in [3.63, 3.8) is 0 Å². The van der Waals surface area contributed by atoms with Crippen LogP contribution in [0.1, 0.15) is 11.1 Å². The first kappa shape index (κ1) is 21.6. The number of nitrogens with zero attached hydrogens (tertiary/aromatic N) is 2. The molecule has 0 bridgehead atoms. The molecular weight excluding hydrogens is 416 g/mol. The van der Waals surface area contributed by atoms with Crippen LogP contribution in [0.4, 0.5) is 5.69 Å². The number of rotatable bonds is 6. The first-order valence-electron chi connectivity index (χ1n) is 10.4. The van der Waals surface area contributed by atoms with E-state index >= 15 is 0 Å². The maximum Gasteiger partial charge on any atom is 0.241 e. The van der Waals surface area contributed by atoms with Gasteiger partial charge in [-0.2, -0.15) is 0 Å². The second-order valence-electron chi connectivity index (χ2n) is 8.32. The molecule has 2 aromatic rings.